The van der Waals surface area contributed by atoms with Crippen molar-refractivity contribution in [3.05, 3.63) is 53.2 Å². The first-order chi connectivity index (χ1) is 15.8. The average molecular weight is 451 g/mol. The summed E-state index contributed by atoms with van der Waals surface area (Å²) in [6.07, 6.45) is 1.67. The molecule has 0 aliphatic carbocycles. The normalized spacial score (nSPS) is 15.5. The maximum Gasteiger partial charge on any atom is 0.256 e. The van der Waals surface area contributed by atoms with Crippen LogP contribution in [0.1, 0.15) is 54.2 Å². The van der Waals surface area contributed by atoms with Crippen LogP contribution in [-0.2, 0) is 4.79 Å². The van der Waals surface area contributed by atoms with Gasteiger partial charge < -0.3 is 20.6 Å². The summed E-state index contributed by atoms with van der Waals surface area (Å²) in [6, 6.07) is 11.1. The number of nitrogens with one attached hydrogen (secondary N) is 2. The quantitative estimate of drug-likeness (QED) is 0.532. The summed E-state index contributed by atoms with van der Waals surface area (Å²) in [5.74, 6) is 1.08. The third-order valence-electron chi connectivity index (χ3n) is 6.01. The van der Waals surface area contributed by atoms with Gasteiger partial charge in [-0.15, -0.1) is 0 Å². The second-order valence-electron chi connectivity index (χ2n) is 8.68. The SMILES string of the molecule is CC(=O)NC1CCN(c2cc(NC(=O)c3ccc(C(C)CO)cc3)nc3cc(C)nn23)CC1. The highest BCUT2D eigenvalue weighted by molar-refractivity contribution is 6.04. The Morgan fingerprint density at radius 2 is 1.88 bits per heavy atom. The highest BCUT2D eigenvalue weighted by atomic mass is 16.3. The van der Waals surface area contributed by atoms with Crippen molar-refractivity contribution < 1.29 is 14.7 Å². The van der Waals surface area contributed by atoms with Gasteiger partial charge in [0.2, 0.25) is 5.91 Å². The topological polar surface area (TPSA) is 112 Å². The number of anilines is 2. The standard InChI is InChI=1S/C24H30N6O3/c1-15(14-31)18-4-6-19(7-5-18)24(33)27-21-13-23(30-22(26-21)12-16(2)28-30)29-10-8-20(9-11-29)25-17(3)32/h4-7,12-13,15,20,31H,8-11,14H2,1-3H3,(H,25,32)(H,26,27,33). The van der Waals surface area contributed by atoms with Crippen LogP contribution >= 0.6 is 0 Å². The summed E-state index contributed by atoms with van der Waals surface area (Å²) in [5.41, 5.74) is 3.01. The van der Waals surface area contributed by atoms with Gasteiger partial charge in [0.1, 0.15) is 11.6 Å². The summed E-state index contributed by atoms with van der Waals surface area (Å²) in [7, 11) is 0. The Morgan fingerprint density at radius 3 is 2.52 bits per heavy atom. The Balaban J connectivity index is 1.55. The summed E-state index contributed by atoms with van der Waals surface area (Å²) in [5, 5.41) is 19.8. The molecule has 3 aromatic rings. The third-order valence-corrected chi connectivity index (χ3v) is 6.01. The zero-order valence-corrected chi connectivity index (χ0v) is 19.2. The van der Waals surface area contributed by atoms with Gasteiger partial charge in [0, 0.05) is 56.3 Å². The molecule has 1 unspecified atom stereocenters. The van der Waals surface area contributed by atoms with Crippen LogP contribution in [-0.4, -0.2) is 57.3 Å². The van der Waals surface area contributed by atoms with Gasteiger partial charge in [-0.1, -0.05) is 19.1 Å². The molecule has 4 rings (SSSR count). The lowest BCUT2D eigenvalue weighted by Gasteiger charge is -2.33. The Labute approximate surface area is 192 Å². The number of carbonyl (C=O) groups excluding carboxylic acids is 2. The Hall–Kier alpha value is -3.46. The van der Waals surface area contributed by atoms with Crippen LogP contribution in [0.15, 0.2) is 36.4 Å². The monoisotopic (exact) mass is 450 g/mol. The number of carbonyl (C=O) groups is 2. The minimum Gasteiger partial charge on any atom is -0.396 e. The fourth-order valence-corrected chi connectivity index (χ4v) is 4.16. The molecule has 1 saturated heterocycles. The predicted molar refractivity (Wildman–Crippen MR) is 127 cm³/mol. The van der Waals surface area contributed by atoms with Crippen LogP contribution in [0.3, 0.4) is 0 Å². The summed E-state index contributed by atoms with van der Waals surface area (Å²) >= 11 is 0. The van der Waals surface area contributed by atoms with Crippen molar-refractivity contribution >= 4 is 29.1 Å². The van der Waals surface area contributed by atoms with E-state index in [2.05, 4.69) is 25.6 Å². The number of amides is 2. The molecule has 1 atom stereocenters. The molecule has 2 aromatic heterocycles. The molecular weight excluding hydrogens is 420 g/mol. The number of rotatable bonds is 6. The van der Waals surface area contributed by atoms with E-state index in [1.165, 1.54) is 0 Å². The molecule has 174 valence electrons. The van der Waals surface area contributed by atoms with Gasteiger partial charge in [0.25, 0.3) is 5.91 Å². The smallest absolute Gasteiger partial charge is 0.256 e. The maximum absolute atomic E-state index is 12.9. The molecule has 0 spiro atoms. The molecule has 1 aliphatic rings. The molecule has 2 amide bonds. The van der Waals surface area contributed by atoms with E-state index in [0.29, 0.717) is 17.0 Å². The first-order valence-corrected chi connectivity index (χ1v) is 11.3. The molecule has 0 bridgehead atoms. The molecule has 3 N–H and O–H groups in total. The Morgan fingerprint density at radius 1 is 1.18 bits per heavy atom. The van der Waals surface area contributed by atoms with Gasteiger partial charge in [-0.25, -0.2) is 4.98 Å². The van der Waals surface area contributed by atoms with Crippen molar-refractivity contribution in [2.75, 3.05) is 29.9 Å². The number of piperidine rings is 1. The van der Waals surface area contributed by atoms with Gasteiger partial charge >= 0.3 is 0 Å². The van der Waals surface area contributed by atoms with Crippen molar-refractivity contribution in [2.45, 2.75) is 45.6 Å². The number of hydrogen-bond acceptors (Lipinski definition) is 6. The van der Waals surface area contributed by atoms with E-state index in [9.17, 15) is 14.7 Å². The number of aliphatic hydroxyl groups excluding tert-OH is 1. The van der Waals surface area contributed by atoms with Crippen LogP contribution in [0.25, 0.3) is 5.65 Å². The second-order valence-corrected chi connectivity index (χ2v) is 8.68. The molecule has 0 saturated carbocycles. The average Bonchev–Trinajstić information content (AvgIpc) is 3.18. The Bertz CT molecular complexity index is 1150. The highest BCUT2D eigenvalue weighted by Crippen LogP contribution is 2.25. The van der Waals surface area contributed by atoms with Gasteiger partial charge in [0.05, 0.1) is 5.69 Å². The van der Waals surface area contributed by atoms with E-state index in [1.54, 1.807) is 23.6 Å². The van der Waals surface area contributed by atoms with Crippen LogP contribution in [0.2, 0.25) is 0 Å². The Kier molecular flexibility index (Phi) is 6.60. The fraction of sp³-hybridized carbons (Fsp3) is 0.417. The molecule has 1 fully saturated rings. The van der Waals surface area contributed by atoms with E-state index in [-0.39, 0.29) is 30.4 Å². The largest absolute Gasteiger partial charge is 0.396 e. The zero-order valence-electron chi connectivity index (χ0n) is 19.2. The maximum atomic E-state index is 12.9. The van der Waals surface area contributed by atoms with E-state index in [4.69, 9.17) is 0 Å². The van der Waals surface area contributed by atoms with Crippen molar-refractivity contribution in [1.29, 1.82) is 0 Å². The molecule has 9 heteroatoms. The van der Waals surface area contributed by atoms with Crippen LogP contribution < -0.4 is 15.5 Å². The second kappa shape index (κ2) is 9.58. The van der Waals surface area contributed by atoms with E-state index in [1.807, 2.05) is 38.1 Å². The molecule has 3 heterocycles. The molecule has 33 heavy (non-hydrogen) atoms. The fourth-order valence-electron chi connectivity index (χ4n) is 4.16. The summed E-state index contributed by atoms with van der Waals surface area (Å²) in [4.78, 5) is 31.0. The summed E-state index contributed by atoms with van der Waals surface area (Å²) < 4.78 is 1.80. The van der Waals surface area contributed by atoms with Gasteiger partial charge in [-0.05, 0) is 37.5 Å². The summed E-state index contributed by atoms with van der Waals surface area (Å²) in [6.45, 7) is 6.98. The number of aliphatic hydroxyl groups is 1. The number of fused-ring (bicyclic) bond motifs is 1. The first-order valence-electron chi connectivity index (χ1n) is 11.3. The number of hydrogen-bond donors (Lipinski definition) is 3. The van der Waals surface area contributed by atoms with Gasteiger partial charge in [-0.2, -0.15) is 9.61 Å². The number of benzene rings is 1. The third kappa shape index (κ3) is 5.14. The first kappa shape index (κ1) is 22.7. The number of aromatic nitrogens is 3. The van der Waals surface area contributed by atoms with Crippen molar-refractivity contribution in [1.82, 2.24) is 19.9 Å². The van der Waals surface area contributed by atoms with Crippen LogP contribution in [0.4, 0.5) is 11.6 Å². The number of aryl methyl sites for hydroxylation is 1. The predicted octanol–water partition coefficient (Wildman–Crippen LogP) is 2.49. The molecule has 9 nitrogen and oxygen atoms in total. The van der Waals surface area contributed by atoms with Crippen molar-refractivity contribution in [3.8, 4) is 0 Å². The van der Waals surface area contributed by atoms with Crippen LogP contribution in [0.5, 0.6) is 0 Å². The lowest BCUT2D eigenvalue weighted by Crippen LogP contribution is -2.44. The minimum atomic E-state index is -0.249. The zero-order chi connectivity index (χ0) is 23.5. The lowest BCUT2D eigenvalue weighted by atomic mass is 10.0. The minimum absolute atomic E-state index is 0.00805. The van der Waals surface area contributed by atoms with E-state index >= 15 is 0 Å². The molecule has 0 radical (unpaired) electrons. The van der Waals surface area contributed by atoms with E-state index in [0.717, 1.165) is 43.0 Å². The molecule has 1 aliphatic heterocycles. The molecule has 1 aromatic carbocycles. The number of nitrogens with zero attached hydrogens (tertiary/aromatic N) is 4. The van der Waals surface area contributed by atoms with Gasteiger partial charge in [-0.3, -0.25) is 9.59 Å². The van der Waals surface area contributed by atoms with Crippen LogP contribution in [0, 0.1) is 6.92 Å². The van der Waals surface area contributed by atoms with Crippen molar-refractivity contribution in [3.63, 3.8) is 0 Å². The van der Waals surface area contributed by atoms with Crippen molar-refractivity contribution in [2.24, 2.45) is 0 Å². The van der Waals surface area contributed by atoms with Gasteiger partial charge in [0.15, 0.2) is 5.65 Å². The molecular formula is C24H30N6O3. The highest BCUT2D eigenvalue weighted by Gasteiger charge is 2.23. The van der Waals surface area contributed by atoms with E-state index < -0.39 is 0 Å². The lowest BCUT2D eigenvalue weighted by molar-refractivity contribution is -0.119.